The van der Waals surface area contributed by atoms with E-state index in [9.17, 15) is 4.79 Å². The van der Waals surface area contributed by atoms with E-state index in [4.69, 9.17) is 0 Å². The minimum absolute atomic E-state index is 0.0514. The van der Waals surface area contributed by atoms with Crippen molar-refractivity contribution >= 4 is 23.2 Å². The van der Waals surface area contributed by atoms with Gasteiger partial charge in [0.15, 0.2) is 11.6 Å². The lowest BCUT2D eigenvalue weighted by Gasteiger charge is -2.23. The molecule has 3 rings (SSSR count). The summed E-state index contributed by atoms with van der Waals surface area (Å²) in [5.41, 5.74) is 2.27. The average molecular weight is 310 g/mol. The normalized spacial score (nSPS) is 14.4. The standard InChI is InChI=1S/C18H22N4O/c1-12(2)13-6-8-15(9-7-13)19-16-10-11-17(22-21-16)20-18(23)14-4-3-5-14/h6-12,14H,3-5H2,1-2H3,(H,19,21)(H,20,22,23). The molecule has 120 valence electrons. The fourth-order valence-corrected chi connectivity index (χ4v) is 2.46. The number of benzene rings is 1. The molecule has 0 aliphatic heterocycles. The Balaban J connectivity index is 1.59. The molecular weight excluding hydrogens is 288 g/mol. The molecule has 5 nitrogen and oxygen atoms in total. The highest BCUT2D eigenvalue weighted by molar-refractivity contribution is 5.92. The first-order valence-electron chi connectivity index (χ1n) is 8.13. The van der Waals surface area contributed by atoms with E-state index in [1.54, 1.807) is 6.07 Å². The first-order chi connectivity index (χ1) is 11.1. The van der Waals surface area contributed by atoms with Gasteiger partial charge < -0.3 is 10.6 Å². The predicted octanol–water partition coefficient (Wildman–Crippen LogP) is 4.08. The van der Waals surface area contributed by atoms with E-state index in [1.165, 1.54) is 5.56 Å². The van der Waals surface area contributed by atoms with Crippen molar-refractivity contribution in [2.24, 2.45) is 5.92 Å². The van der Waals surface area contributed by atoms with E-state index >= 15 is 0 Å². The van der Waals surface area contributed by atoms with Crippen molar-refractivity contribution in [1.82, 2.24) is 10.2 Å². The maximum absolute atomic E-state index is 11.9. The topological polar surface area (TPSA) is 66.9 Å². The summed E-state index contributed by atoms with van der Waals surface area (Å²) in [6.07, 6.45) is 3.10. The quantitative estimate of drug-likeness (QED) is 0.873. The van der Waals surface area contributed by atoms with Crippen LogP contribution in [0.4, 0.5) is 17.3 Å². The van der Waals surface area contributed by atoms with E-state index in [2.05, 4.69) is 46.8 Å². The zero-order valence-corrected chi connectivity index (χ0v) is 13.5. The largest absolute Gasteiger partial charge is 0.339 e. The van der Waals surface area contributed by atoms with Gasteiger partial charge in [0.05, 0.1) is 0 Å². The van der Waals surface area contributed by atoms with Crippen molar-refractivity contribution in [3.8, 4) is 0 Å². The number of carbonyl (C=O) groups excluding carboxylic acids is 1. The third-order valence-corrected chi connectivity index (χ3v) is 4.24. The molecule has 1 aromatic heterocycles. The summed E-state index contributed by atoms with van der Waals surface area (Å²) in [5, 5.41) is 14.2. The highest BCUT2D eigenvalue weighted by atomic mass is 16.2. The second-order valence-corrected chi connectivity index (χ2v) is 6.32. The second kappa shape index (κ2) is 6.77. The number of aromatic nitrogens is 2. The fraction of sp³-hybridized carbons (Fsp3) is 0.389. The molecule has 1 aromatic carbocycles. The molecule has 1 aliphatic carbocycles. The van der Waals surface area contributed by atoms with Crippen LogP contribution in [-0.2, 0) is 4.79 Å². The molecule has 1 heterocycles. The molecule has 2 N–H and O–H groups in total. The van der Waals surface area contributed by atoms with Gasteiger partial charge >= 0.3 is 0 Å². The van der Waals surface area contributed by atoms with Gasteiger partial charge in [0.25, 0.3) is 0 Å². The summed E-state index contributed by atoms with van der Waals surface area (Å²) >= 11 is 0. The molecule has 1 saturated carbocycles. The van der Waals surface area contributed by atoms with Crippen LogP contribution in [0.3, 0.4) is 0 Å². The summed E-state index contributed by atoms with van der Waals surface area (Å²) < 4.78 is 0. The van der Waals surface area contributed by atoms with Crippen LogP contribution in [0.5, 0.6) is 0 Å². The third-order valence-electron chi connectivity index (χ3n) is 4.24. The van der Waals surface area contributed by atoms with Gasteiger partial charge in [-0.05, 0) is 48.6 Å². The minimum Gasteiger partial charge on any atom is -0.339 e. The maximum Gasteiger partial charge on any atom is 0.228 e. The van der Waals surface area contributed by atoms with Gasteiger partial charge in [-0.25, -0.2) is 0 Å². The molecule has 5 heteroatoms. The molecule has 0 radical (unpaired) electrons. The molecule has 2 aromatic rings. The van der Waals surface area contributed by atoms with Gasteiger partial charge in [-0.15, -0.1) is 10.2 Å². The zero-order valence-electron chi connectivity index (χ0n) is 13.5. The van der Waals surface area contributed by atoms with Crippen molar-refractivity contribution in [2.45, 2.75) is 39.0 Å². The predicted molar refractivity (Wildman–Crippen MR) is 91.8 cm³/mol. The molecule has 0 unspecified atom stereocenters. The number of hydrogen-bond acceptors (Lipinski definition) is 4. The SMILES string of the molecule is CC(C)c1ccc(Nc2ccc(NC(=O)C3CCC3)nn2)cc1. The van der Waals surface area contributed by atoms with Crippen LogP contribution in [-0.4, -0.2) is 16.1 Å². The minimum atomic E-state index is 0.0514. The Kier molecular flexibility index (Phi) is 4.55. The second-order valence-electron chi connectivity index (χ2n) is 6.32. The number of nitrogens with one attached hydrogen (secondary N) is 2. The van der Waals surface area contributed by atoms with Crippen LogP contribution < -0.4 is 10.6 Å². The van der Waals surface area contributed by atoms with Gasteiger partial charge in [0.2, 0.25) is 5.91 Å². The molecule has 1 aliphatic rings. The first kappa shape index (κ1) is 15.5. The molecule has 23 heavy (non-hydrogen) atoms. The Morgan fingerprint density at radius 1 is 1.04 bits per heavy atom. The molecule has 0 saturated heterocycles. The van der Waals surface area contributed by atoms with Crippen molar-refractivity contribution in [3.63, 3.8) is 0 Å². The summed E-state index contributed by atoms with van der Waals surface area (Å²) in [5.74, 6) is 1.87. The van der Waals surface area contributed by atoms with Crippen LogP contribution in [0.2, 0.25) is 0 Å². The highest BCUT2D eigenvalue weighted by Crippen LogP contribution is 2.27. The number of anilines is 3. The zero-order chi connectivity index (χ0) is 16.2. The van der Waals surface area contributed by atoms with Gasteiger partial charge in [-0.2, -0.15) is 0 Å². The third kappa shape index (κ3) is 3.86. The Morgan fingerprint density at radius 2 is 1.70 bits per heavy atom. The molecular formula is C18H22N4O. The van der Waals surface area contributed by atoms with Crippen molar-refractivity contribution < 1.29 is 4.79 Å². The van der Waals surface area contributed by atoms with E-state index < -0.39 is 0 Å². The molecule has 0 spiro atoms. The van der Waals surface area contributed by atoms with Crippen molar-refractivity contribution in [1.29, 1.82) is 0 Å². The van der Waals surface area contributed by atoms with Gasteiger partial charge in [-0.3, -0.25) is 4.79 Å². The van der Waals surface area contributed by atoms with Crippen molar-refractivity contribution in [2.75, 3.05) is 10.6 Å². The van der Waals surface area contributed by atoms with Gasteiger partial charge in [-0.1, -0.05) is 32.4 Å². The van der Waals surface area contributed by atoms with Crippen LogP contribution in [0.15, 0.2) is 36.4 Å². The number of carbonyl (C=O) groups is 1. The number of nitrogens with zero attached hydrogens (tertiary/aromatic N) is 2. The lowest BCUT2D eigenvalue weighted by Crippen LogP contribution is -2.28. The van der Waals surface area contributed by atoms with E-state index in [0.29, 0.717) is 17.6 Å². The average Bonchev–Trinajstić information content (AvgIpc) is 2.48. The van der Waals surface area contributed by atoms with Gasteiger partial charge in [0.1, 0.15) is 0 Å². The molecule has 0 bridgehead atoms. The number of rotatable bonds is 5. The summed E-state index contributed by atoms with van der Waals surface area (Å²) in [4.78, 5) is 11.9. The fourth-order valence-electron chi connectivity index (χ4n) is 2.46. The Labute approximate surface area is 136 Å². The van der Waals surface area contributed by atoms with Crippen LogP contribution in [0.1, 0.15) is 44.6 Å². The number of hydrogen-bond donors (Lipinski definition) is 2. The summed E-state index contributed by atoms with van der Waals surface area (Å²) in [6.45, 7) is 4.34. The van der Waals surface area contributed by atoms with E-state index in [0.717, 1.165) is 24.9 Å². The number of amides is 1. The summed E-state index contributed by atoms with van der Waals surface area (Å²) in [6, 6.07) is 11.9. The lowest BCUT2D eigenvalue weighted by atomic mass is 9.85. The Bertz CT molecular complexity index is 660. The monoisotopic (exact) mass is 310 g/mol. The van der Waals surface area contributed by atoms with Crippen molar-refractivity contribution in [3.05, 3.63) is 42.0 Å². The highest BCUT2D eigenvalue weighted by Gasteiger charge is 2.25. The first-order valence-corrected chi connectivity index (χ1v) is 8.13. The maximum atomic E-state index is 11.9. The molecule has 1 fully saturated rings. The molecule has 1 amide bonds. The Hall–Kier alpha value is -2.43. The van der Waals surface area contributed by atoms with Crippen LogP contribution >= 0.6 is 0 Å². The summed E-state index contributed by atoms with van der Waals surface area (Å²) in [7, 11) is 0. The van der Waals surface area contributed by atoms with E-state index in [1.807, 2.05) is 18.2 Å². The van der Waals surface area contributed by atoms with Gasteiger partial charge in [0, 0.05) is 11.6 Å². The van der Waals surface area contributed by atoms with Crippen LogP contribution in [0, 0.1) is 5.92 Å². The Morgan fingerprint density at radius 3 is 2.22 bits per heavy atom. The van der Waals surface area contributed by atoms with Crippen LogP contribution in [0.25, 0.3) is 0 Å². The molecule has 0 atom stereocenters. The smallest absolute Gasteiger partial charge is 0.228 e. The lowest BCUT2D eigenvalue weighted by molar-refractivity contribution is -0.122. The van der Waals surface area contributed by atoms with E-state index in [-0.39, 0.29) is 11.8 Å².